The van der Waals surface area contributed by atoms with Crippen LogP contribution >= 0.6 is 27.5 Å². The van der Waals surface area contributed by atoms with E-state index in [0.717, 1.165) is 27.1 Å². The van der Waals surface area contributed by atoms with Crippen molar-refractivity contribution >= 4 is 27.5 Å². The molecule has 0 aliphatic carbocycles. The van der Waals surface area contributed by atoms with E-state index in [4.69, 9.17) is 21.1 Å². The molecular weight excluding hydrogens is 352 g/mol. The Morgan fingerprint density at radius 2 is 1.62 bits per heavy atom. The summed E-state index contributed by atoms with van der Waals surface area (Å²) in [5.41, 5.74) is 4.53. The van der Waals surface area contributed by atoms with Crippen LogP contribution in [0.1, 0.15) is 27.6 Å². The van der Waals surface area contributed by atoms with Crippen LogP contribution in [-0.2, 0) is 0 Å². The van der Waals surface area contributed by atoms with E-state index in [1.807, 2.05) is 12.1 Å². The maximum atomic E-state index is 6.76. The van der Waals surface area contributed by atoms with E-state index in [0.29, 0.717) is 13.2 Å². The van der Waals surface area contributed by atoms with E-state index in [1.54, 1.807) is 0 Å². The first kappa shape index (κ1) is 14.7. The minimum Gasteiger partial charge on any atom is -0.486 e. The standard InChI is InChI=1S/C17H16BrClO2/c1-10-4-3-5-11(2)16(10)17(19)12-8-14-15(9-13(12)18)21-7-6-20-14/h3-5,8-9,17H,6-7H2,1-2H3. The first-order chi connectivity index (χ1) is 10.1. The van der Waals surface area contributed by atoms with Gasteiger partial charge in [-0.05, 0) is 48.2 Å². The Morgan fingerprint density at radius 3 is 2.24 bits per heavy atom. The van der Waals surface area contributed by atoms with Gasteiger partial charge in [0.15, 0.2) is 11.5 Å². The highest BCUT2D eigenvalue weighted by molar-refractivity contribution is 9.10. The van der Waals surface area contributed by atoms with Crippen molar-refractivity contribution in [3.05, 3.63) is 57.1 Å². The fraction of sp³-hybridized carbons (Fsp3) is 0.294. The van der Waals surface area contributed by atoms with E-state index in [-0.39, 0.29) is 5.38 Å². The Balaban J connectivity index is 2.07. The maximum Gasteiger partial charge on any atom is 0.162 e. The van der Waals surface area contributed by atoms with E-state index < -0.39 is 0 Å². The lowest BCUT2D eigenvalue weighted by atomic mass is 9.95. The Hall–Kier alpha value is -1.19. The van der Waals surface area contributed by atoms with Crippen molar-refractivity contribution in [2.45, 2.75) is 19.2 Å². The molecule has 2 aromatic carbocycles. The molecule has 110 valence electrons. The fourth-order valence-electron chi connectivity index (χ4n) is 2.66. The monoisotopic (exact) mass is 366 g/mol. The topological polar surface area (TPSA) is 18.5 Å². The van der Waals surface area contributed by atoms with E-state index in [2.05, 4.69) is 48.0 Å². The molecule has 3 rings (SSSR count). The van der Waals surface area contributed by atoms with Gasteiger partial charge in [-0.3, -0.25) is 0 Å². The lowest BCUT2D eigenvalue weighted by Crippen LogP contribution is -2.15. The van der Waals surface area contributed by atoms with Gasteiger partial charge in [-0.15, -0.1) is 11.6 Å². The number of rotatable bonds is 2. The van der Waals surface area contributed by atoms with Crippen LogP contribution in [0, 0.1) is 13.8 Å². The summed E-state index contributed by atoms with van der Waals surface area (Å²) < 4.78 is 12.2. The van der Waals surface area contributed by atoms with Gasteiger partial charge < -0.3 is 9.47 Å². The summed E-state index contributed by atoms with van der Waals surface area (Å²) in [6.07, 6.45) is 0. The first-order valence-electron chi connectivity index (χ1n) is 6.87. The minimum absolute atomic E-state index is 0.226. The molecule has 1 unspecified atom stereocenters. The number of fused-ring (bicyclic) bond motifs is 1. The van der Waals surface area contributed by atoms with Crippen molar-refractivity contribution in [1.82, 2.24) is 0 Å². The number of halogens is 2. The number of hydrogen-bond acceptors (Lipinski definition) is 2. The summed E-state index contributed by atoms with van der Waals surface area (Å²) in [4.78, 5) is 0. The molecule has 1 heterocycles. The van der Waals surface area contributed by atoms with Crippen LogP contribution in [0.2, 0.25) is 0 Å². The third kappa shape index (κ3) is 2.77. The highest BCUT2D eigenvalue weighted by Gasteiger charge is 2.22. The molecular formula is C17H16BrClO2. The molecule has 1 aliphatic rings. The normalized spacial score (nSPS) is 14.9. The molecule has 2 aromatic rings. The van der Waals surface area contributed by atoms with Gasteiger partial charge in [-0.2, -0.15) is 0 Å². The zero-order chi connectivity index (χ0) is 15.0. The summed E-state index contributed by atoms with van der Waals surface area (Å²) in [6.45, 7) is 5.33. The van der Waals surface area contributed by atoms with Crippen LogP contribution in [-0.4, -0.2) is 13.2 Å². The zero-order valence-electron chi connectivity index (χ0n) is 12.0. The second kappa shape index (κ2) is 5.90. The highest BCUT2D eigenvalue weighted by atomic mass is 79.9. The van der Waals surface area contributed by atoms with Gasteiger partial charge in [0, 0.05) is 4.47 Å². The summed E-state index contributed by atoms with van der Waals surface area (Å²) in [6, 6.07) is 10.1. The van der Waals surface area contributed by atoms with Gasteiger partial charge in [0.1, 0.15) is 13.2 Å². The summed E-state index contributed by atoms with van der Waals surface area (Å²) in [7, 11) is 0. The first-order valence-corrected chi connectivity index (χ1v) is 8.10. The number of ether oxygens (including phenoxy) is 2. The van der Waals surface area contributed by atoms with Gasteiger partial charge in [0.05, 0.1) is 5.38 Å². The predicted octanol–water partition coefficient (Wildman–Crippen LogP) is 5.17. The molecule has 2 nitrogen and oxygen atoms in total. The van der Waals surface area contributed by atoms with Crippen molar-refractivity contribution in [3.8, 4) is 11.5 Å². The van der Waals surface area contributed by atoms with E-state index >= 15 is 0 Å². The zero-order valence-corrected chi connectivity index (χ0v) is 14.3. The molecule has 0 fully saturated rings. The largest absolute Gasteiger partial charge is 0.486 e. The summed E-state index contributed by atoms with van der Waals surface area (Å²) >= 11 is 10.4. The molecule has 0 amide bonds. The van der Waals surface area contributed by atoms with Crippen molar-refractivity contribution in [2.75, 3.05) is 13.2 Å². The average Bonchev–Trinajstić information content (AvgIpc) is 2.46. The molecule has 0 saturated heterocycles. The fourth-order valence-corrected chi connectivity index (χ4v) is 3.86. The molecule has 4 heteroatoms. The lowest BCUT2D eigenvalue weighted by Gasteiger charge is -2.22. The number of alkyl halides is 1. The Bertz CT molecular complexity index is 664. The van der Waals surface area contributed by atoms with Crippen LogP contribution in [0.15, 0.2) is 34.8 Å². The van der Waals surface area contributed by atoms with Crippen LogP contribution in [0.5, 0.6) is 11.5 Å². The summed E-state index contributed by atoms with van der Waals surface area (Å²) in [5.74, 6) is 1.53. The van der Waals surface area contributed by atoms with Gasteiger partial charge in [-0.1, -0.05) is 34.1 Å². The number of benzene rings is 2. The van der Waals surface area contributed by atoms with Gasteiger partial charge in [0.25, 0.3) is 0 Å². The van der Waals surface area contributed by atoms with Crippen LogP contribution < -0.4 is 9.47 Å². The SMILES string of the molecule is Cc1cccc(C)c1C(Cl)c1cc2c(cc1Br)OCCO2. The quantitative estimate of drug-likeness (QED) is 0.682. The van der Waals surface area contributed by atoms with Gasteiger partial charge in [0.2, 0.25) is 0 Å². The Morgan fingerprint density at radius 1 is 1.05 bits per heavy atom. The van der Waals surface area contributed by atoms with Crippen molar-refractivity contribution in [3.63, 3.8) is 0 Å². The molecule has 0 N–H and O–H groups in total. The van der Waals surface area contributed by atoms with Crippen molar-refractivity contribution in [2.24, 2.45) is 0 Å². The average molecular weight is 368 g/mol. The molecule has 0 saturated carbocycles. The maximum absolute atomic E-state index is 6.76. The molecule has 1 aliphatic heterocycles. The summed E-state index contributed by atoms with van der Waals surface area (Å²) in [5, 5.41) is -0.226. The van der Waals surface area contributed by atoms with Crippen LogP contribution in [0.3, 0.4) is 0 Å². The second-order valence-electron chi connectivity index (χ2n) is 5.19. The second-order valence-corrected chi connectivity index (χ2v) is 6.48. The molecule has 0 bridgehead atoms. The molecule has 0 aromatic heterocycles. The van der Waals surface area contributed by atoms with Crippen molar-refractivity contribution in [1.29, 1.82) is 0 Å². The Labute approximate surface area is 138 Å². The smallest absolute Gasteiger partial charge is 0.162 e. The number of aryl methyl sites for hydroxylation is 2. The third-order valence-corrected chi connectivity index (χ3v) is 4.87. The van der Waals surface area contributed by atoms with Gasteiger partial charge in [-0.25, -0.2) is 0 Å². The van der Waals surface area contributed by atoms with E-state index in [9.17, 15) is 0 Å². The third-order valence-electron chi connectivity index (χ3n) is 3.73. The predicted molar refractivity (Wildman–Crippen MR) is 88.7 cm³/mol. The van der Waals surface area contributed by atoms with Gasteiger partial charge >= 0.3 is 0 Å². The van der Waals surface area contributed by atoms with Crippen LogP contribution in [0.25, 0.3) is 0 Å². The molecule has 1 atom stereocenters. The minimum atomic E-state index is -0.226. The highest BCUT2D eigenvalue weighted by Crippen LogP contribution is 2.43. The van der Waals surface area contributed by atoms with Crippen molar-refractivity contribution < 1.29 is 9.47 Å². The number of hydrogen-bond donors (Lipinski definition) is 0. The molecule has 21 heavy (non-hydrogen) atoms. The Kier molecular flexibility index (Phi) is 4.14. The van der Waals surface area contributed by atoms with Crippen LogP contribution in [0.4, 0.5) is 0 Å². The molecule has 0 spiro atoms. The molecule has 0 radical (unpaired) electrons. The lowest BCUT2D eigenvalue weighted by molar-refractivity contribution is 0.171. The van der Waals surface area contributed by atoms with E-state index in [1.165, 1.54) is 11.1 Å².